The number of halogens is 1. The standard InChI is InChI=1S/C26H34ClN5O5/c1-2-37-24(33)17-29-22(11-10-21-6-3-4-13-32(21)36)26(35)31-12-5-7-23(31)25(34)30-16-19-14-20(27)9-8-18(19)15-28/h3-4,6,8-9,13-14,22-23,29H,2,5,7,10-12,15-17,28H2,1H3,(H,30,34)/t22-,23+/m1/s1. The van der Waals surface area contributed by atoms with Crippen molar-refractivity contribution in [3.63, 3.8) is 0 Å². The quantitative estimate of drug-likeness (QED) is 0.212. The van der Waals surface area contributed by atoms with Crippen LogP contribution in [0, 0.1) is 5.21 Å². The second kappa shape index (κ2) is 13.9. The molecule has 1 aromatic carbocycles. The van der Waals surface area contributed by atoms with E-state index in [0.717, 1.165) is 15.9 Å². The van der Waals surface area contributed by atoms with Crippen LogP contribution in [-0.4, -0.2) is 54.5 Å². The second-order valence-electron chi connectivity index (χ2n) is 8.82. The van der Waals surface area contributed by atoms with Crippen molar-refractivity contribution in [1.82, 2.24) is 15.5 Å². The summed E-state index contributed by atoms with van der Waals surface area (Å²) in [5.74, 6) is -1.04. The number of nitrogens with two attached hydrogens (primary N) is 1. The number of carbonyl (C=O) groups excluding carboxylic acids is 3. The van der Waals surface area contributed by atoms with E-state index in [0.29, 0.717) is 43.1 Å². The van der Waals surface area contributed by atoms with Gasteiger partial charge in [0.15, 0.2) is 11.9 Å². The number of ether oxygens (including phenoxy) is 1. The van der Waals surface area contributed by atoms with Crippen LogP contribution < -0.4 is 21.1 Å². The number of rotatable bonds is 12. The molecule has 1 saturated heterocycles. The maximum absolute atomic E-state index is 13.6. The maximum Gasteiger partial charge on any atom is 0.319 e. The van der Waals surface area contributed by atoms with Gasteiger partial charge in [-0.25, -0.2) is 0 Å². The van der Waals surface area contributed by atoms with Gasteiger partial charge in [-0.05, 0) is 49.4 Å². The Hall–Kier alpha value is -3.21. The number of aryl methyl sites for hydroxylation is 1. The summed E-state index contributed by atoms with van der Waals surface area (Å²) in [7, 11) is 0. The number of pyridine rings is 1. The van der Waals surface area contributed by atoms with Gasteiger partial charge in [0.25, 0.3) is 0 Å². The third-order valence-corrected chi connectivity index (χ3v) is 6.60. The highest BCUT2D eigenvalue weighted by Crippen LogP contribution is 2.21. The monoisotopic (exact) mass is 531 g/mol. The van der Waals surface area contributed by atoms with E-state index < -0.39 is 18.1 Å². The first-order valence-corrected chi connectivity index (χ1v) is 12.8. The molecule has 0 spiro atoms. The molecular formula is C26H34ClN5O5. The SMILES string of the molecule is CCOC(=O)CN[C@H](CCc1cccc[n+]1[O-])C(=O)N1CCC[C@H]1C(=O)NCc1cc(Cl)ccc1CN. The molecule has 10 nitrogen and oxygen atoms in total. The molecule has 2 atom stereocenters. The summed E-state index contributed by atoms with van der Waals surface area (Å²) >= 11 is 6.10. The van der Waals surface area contributed by atoms with Crippen LogP contribution >= 0.6 is 11.6 Å². The summed E-state index contributed by atoms with van der Waals surface area (Å²) in [6.07, 6.45) is 3.20. The van der Waals surface area contributed by atoms with Gasteiger partial charge in [-0.15, -0.1) is 0 Å². The molecule has 2 amide bonds. The lowest BCUT2D eigenvalue weighted by Crippen LogP contribution is -2.53. The molecule has 1 aromatic heterocycles. The van der Waals surface area contributed by atoms with Crippen LogP contribution in [-0.2, 0) is 38.6 Å². The predicted molar refractivity (Wildman–Crippen MR) is 138 cm³/mol. The van der Waals surface area contributed by atoms with Crippen molar-refractivity contribution >= 4 is 29.4 Å². The number of nitrogens with one attached hydrogen (secondary N) is 2. The molecule has 2 heterocycles. The Bertz CT molecular complexity index is 1100. The van der Waals surface area contributed by atoms with Gasteiger partial charge < -0.3 is 25.9 Å². The summed E-state index contributed by atoms with van der Waals surface area (Å²) < 4.78 is 5.73. The number of benzene rings is 1. The van der Waals surface area contributed by atoms with Crippen molar-refractivity contribution in [2.24, 2.45) is 5.73 Å². The second-order valence-corrected chi connectivity index (χ2v) is 9.26. The first-order valence-electron chi connectivity index (χ1n) is 12.5. The summed E-state index contributed by atoms with van der Waals surface area (Å²) in [6.45, 7) is 2.76. The summed E-state index contributed by atoms with van der Waals surface area (Å²) in [5, 5.41) is 18.5. The Morgan fingerprint density at radius 1 is 1.27 bits per heavy atom. The molecular weight excluding hydrogens is 498 g/mol. The molecule has 0 bridgehead atoms. The fraction of sp³-hybridized carbons (Fsp3) is 0.462. The van der Waals surface area contributed by atoms with Crippen LogP contribution in [0.25, 0.3) is 0 Å². The van der Waals surface area contributed by atoms with Crippen molar-refractivity contribution in [3.05, 3.63) is 69.6 Å². The highest BCUT2D eigenvalue weighted by molar-refractivity contribution is 6.30. The van der Waals surface area contributed by atoms with Crippen LogP contribution in [0.1, 0.15) is 43.0 Å². The fourth-order valence-corrected chi connectivity index (χ4v) is 4.64. The first-order chi connectivity index (χ1) is 17.8. The topological polar surface area (TPSA) is 141 Å². The molecule has 1 aliphatic heterocycles. The third-order valence-electron chi connectivity index (χ3n) is 6.37. The minimum absolute atomic E-state index is 0.155. The van der Waals surface area contributed by atoms with Crippen molar-refractivity contribution in [3.8, 4) is 0 Å². The van der Waals surface area contributed by atoms with E-state index in [9.17, 15) is 19.6 Å². The lowest BCUT2D eigenvalue weighted by Gasteiger charge is -2.28. The number of likely N-dealkylation sites (tertiary alicyclic amines) is 1. The van der Waals surface area contributed by atoms with Gasteiger partial charge in [-0.2, -0.15) is 4.73 Å². The summed E-state index contributed by atoms with van der Waals surface area (Å²) in [6, 6.07) is 9.01. The van der Waals surface area contributed by atoms with E-state index in [1.807, 2.05) is 6.07 Å². The molecule has 0 unspecified atom stereocenters. The number of aromatic nitrogens is 1. The predicted octanol–water partition coefficient (Wildman–Crippen LogP) is 1.19. The molecule has 0 saturated carbocycles. The van der Waals surface area contributed by atoms with Crippen LogP contribution in [0.2, 0.25) is 5.02 Å². The summed E-state index contributed by atoms with van der Waals surface area (Å²) in [5.41, 5.74) is 8.01. The minimum Gasteiger partial charge on any atom is -0.619 e. The van der Waals surface area contributed by atoms with Crippen molar-refractivity contribution in [2.45, 2.75) is 57.8 Å². The zero-order valence-electron chi connectivity index (χ0n) is 21.0. The van der Waals surface area contributed by atoms with Crippen LogP contribution in [0.3, 0.4) is 0 Å². The van der Waals surface area contributed by atoms with Crippen molar-refractivity contribution in [2.75, 3.05) is 19.7 Å². The lowest BCUT2D eigenvalue weighted by molar-refractivity contribution is -0.614. The zero-order chi connectivity index (χ0) is 26.8. The molecule has 0 aliphatic carbocycles. The molecule has 37 heavy (non-hydrogen) atoms. The highest BCUT2D eigenvalue weighted by atomic mass is 35.5. The van der Waals surface area contributed by atoms with Crippen LogP contribution in [0.5, 0.6) is 0 Å². The van der Waals surface area contributed by atoms with Gasteiger partial charge >= 0.3 is 5.97 Å². The largest absolute Gasteiger partial charge is 0.619 e. The molecule has 3 rings (SSSR count). The smallest absolute Gasteiger partial charge is 0.319 e. The molecule has 0 radical (unpaired) electrons. The van der Waals surface area contributed by atoms with Gasteiger partial charge in [0.1, 0.15) is 6.04 Å². The Kier molecular flexibility index (Phi) is 10.7. The highest BCUT2D eigenvalue weighted by Gasteiger charge is 2.37. The van der Waals surface area contributed by atoms with Crippen molar-refractivity contribution < 1.29 is 23.9 Å². The third kappa shape index (κ3) is 7.88. The van der Waals surface area contributed by atoms with Gasteiger partial charge in [0.05, 0.1) is 19.2 Å². The number of hydrogen-bond donors (Lipinski definition) is 3. The Balaban J connectivity index is 1.69. The molecule has 1 fully saturated rings. The van der Waals surface area contributed by atoms with Gasteiger partial charge in [-0.3, -0.25) is 19.7 Å². The average Bonchev–Trinajstić information content (AvgIpc) is 3.38. The van der Waals surface area contributed by atoms with E-state index >= 15 is 0 Å². The molecule has 4 N–H and O–H groups in total. The molecule has 1 aliphatic rings. The Morgan fingerprint density at radius 3 is 2.81 bits per heavy atom. The normalized spacial score (nSPS) is 15.9. The number of amides is 2. The lowest BCUT2D eigenvalue weighted by atomic mass is 10.1. The zero-order valence-corrected chi connectivity index (χ0v) is 21.7. The van der Waals surface area contributed by atoms with Crippen LogP contribution in [0.15, 0.2) is 42.6 Å². The van der Waals surface area contributed by atoms with E-state index in [2.05, 4.69) is 10.6 Å². The van der Waals surface area contributed by atoms with Gasteiger partial charge in [-0.1, -0.05) is 23.7 Å². The number of nitrogens with zero attached hydrogens (tertiary/aromatic N) is 2. The molecule has 2 aromatic rings. The van der Waals surface area contributed by atoms with E-state index in [4.69, 9.17) is 22.1 Å². The fourth-order valence-electron chi connectivity index (χ4n) is 4.44. The summed E-state index contributed by atoms with van der Waals surface area (Å²) in [4.78, 5) is 40.2. The van der Waals surface area contributed by atoms with Crippen LogP contribution in [0.4, 0.5) is 0 Å². The average molecular weight is 532 g/mol. The van der Waals surface area contributed by atoms with E-state index in [-0.39, 0.29) is 37.9 Å². The van der Waals surface area contributed by atoms with Gasteiger partial charge in [0, 0.05) is 43.2 Å². The van der Waals surface area contributed by atoms with E-state index in [1.165, 1.54) is 6.20 Å². The molecule has 200 valence electrons. The molecule has 11 heteroatoms. The van der Waals surface area contributed by atoms with Gasteiger partial charge in [0.2, 0.25) is 11.8 Å². The Labute approximate surface area is 221 Å². The Morgan fingerprint density at radius 2 is 2.08 bits per heavy atom. The number of hydrogen-bond acceptors (Lipinski definition) is 7. The minimum atomic E-state index is -0.769. The maximum atomic E-state index is 13.6. The number of esters is 1. The first kappa shape index (κ1) is 28.4. The van der Waals surface area contributed by atoms with E-state index in [1.54, 1.807) is 42.2 Å². The number of carbonyl (C=O) groups is 3. The van der Waals surface area contributed by atoms with Crippen molar-refractivity contribution in [1.29, 1.82) is 0 Å².